The highest BCUT2D eigenvalue weighted by atomic mass is 16.5. The second-order valence-corrected chi connectivity index (χ2v) is 3.44. The van der Waals surface area contributed by atoms with E-state index in [-0.39, 0.29) is 24.3 Å². The maximum absolute atomic E-state index is 11.8. The molecule has 4 heteroatoms. The standard InChI is InChI=1S/C13H16O4/c1-4-16-12(14)10-8-6-7-9(3)11(10)13(15)17-5-2/h6-8H,4-5H2,1-3H3. The fourth-order valence-corrected chi connectivity index (χ4v) is 1.52. The lowest BCUT2D eigenvalue weighted by atomic mass is 10.0. The number of esters is 2. The van der Waals surface area contributed by atoms with Gasteiger partial charge >= 0.3 is 11.9 Å². The third-order valence-electron chi connectivity index (χ3n) is 2.25. The quantitative estimate of drug-likeness (QED) is 0.753. The molecule has 1 rings (SSSR count). The number of aryl methyl sites for hydroxylation is 1. The first-order valence-corrected chi connectivity index (χ1v) is 5.55. The van der Waals surface area contributed by atoms with Gasteiger partial charge in [-0.15, -0.1) is 0 Å². The van der Waals surface area contributed by atoms with Gasteiger partial charge in [-0.05, 0) is 32.4 Å². The van der Waals surface area contributed by atoms with E-state index < -0.39 is 11.9 Å². The predicted molar refractivity (Wildman–Crippen MR) is 63.1 cm³/mol. The molecule has 0 aliphatic carbocycles. The number of ether oxygens (including phenoxy) is 2. The van der Waals surface area contributed by atoms with Crippen molar-refractivity contribution in [3.63, 3.8) is 0 Å². The van der Waals surface area contributed by atoms with Crippen LogP contribution >= 0.6 is 0 Å². The Morgan fingerprint density at radius 2 is 1.65 bits per heavy atom. The van der Waals surface area contributed by atoms with Crippen molar-refractivity contribution in [3.05, 3.63) is 34.9 Å². The van der Waals surface area contributed by atoms with Crippen LogP contribution in [0.2, 0.25) is 0 Å². The zero-order valence-electron chi connectivity index (χ0n) is 10.3. The maximum Gasteiger partial charge on any atom is 0.339 e. The molecule has 0 spiro atoms. The summed E-state index contributed by atoms with van der Waals surface area (Å²) in [5.41, 5.74) is 1.24. The molecule has 0 aromatic heterocycles. The summed E-state index contributed by atoms with van der Waals surface area (Å²) in [4.78, 5) is 23.5. The summed E-state index contributed by atoms with van der Waals surface area (Å²) in [5, 5.41) is 0. The molecule has 92 valence electrons. The second kappa shape index (κ2) is 6.03. The van der Waals surface area contributed by atoms with Crippen molar-refractivity contribution in [2.45, 2.75) is 20.8 Å². The van der Waals surface area contributed by atoms with Crippen molar-refractivity contribution < 1.29 is 19.1 Å². The molecule has 0 saturated heterocycles. The van der Waals surface area contributed by atoms with Crippen LogP contribution in [0.3, 0.4) is 0 Å². The van der Waals surface area contributed by atoms with Crippen molar-refractivity contribution in [2.24, 2.45) is 0 Å². The molecule has 0 atom stereocenters. The van der Waals surface area contributed by atoms with Crippen molar-refractivity contribution in [1.29, 1.82) is 0 Å². The van der Waals surface area contributed by atoms with Crippen LogP contribution < -0.4 is 0 Å². The second-order valence-electron chi connectivity index (χ2n) is 3.44. The molecule has 1 aromatic rings. The van der Waals surface area contributed by atoms with Crippen LogP contribution in [0.15, 0.2) is 18.2 Å². The Labute approximate surface area is 101 Å². The highest BCUT2D eigenvalue weighted by Crippen LogP contribution is 2.16. The number of hydrogen-bond donors (Lipinski definition) is 0. The van der Waals surface area contributed by atoms with E-state index in [9.17, 15) is 9.59 Å². The lowest BCUT2D eigenvalue weighted by Gasteiger charge is -2.10. The number of benzene rings is 1. The minimum Gasteiger partial charge on any atom is -0.462 e. The summed E-state index contributed by atoms with van der Waals surface area (Å²) in [7, 11) is 0. The summed E-state index contributed by atoms with van der Waals surface area (Å²) in [6.45, 7) is 5.75. The molecule has 0 bridgehead atoms. The van der Waals surface area contributed by atoms with E-state index in [2.05, 4.69) is 0 Å². The van der Waals surface area contributed by atoms with Gasteiger partial charge in [0.25, 0.3) is 0 Å². The summed E-state index contributed by atoms with van der Waals surface area (Å²) < 4.78 is 9.84. The minimum absolute atomic E-state index is 0.255. The van der Waals surface area contributed by atoms with Crippen LogP contribution in [0.4, 0.5) is 0 Å². The Bertz CT molecular complexity index is 423. The molecule has 0 aliphatic rings. The smallest absolute Gasteiger partial charge is 0.339 e. The predicted octanol–water partition coefficient (Wildman–Crippen LogP) is 2.35. The molecule has 0 amide bonds. The molecule has 17 heavy (non-hydrogen) atoms. The molecule has 0 fully saturated rings. The molecule has 0 heterocycles. The highest BCUT2D eigenvalue weighted by molar-refractivity contribution is 6.04. The van der Waals surface area contributed by atoms with Crippen LogP contribution in [0, 0.1) is 6.92 Å². The SMILES string of the molecule is CCOC(=O)c1cccc(C)c1C(=O)OCC. The normalized spacial score (nSPS) is 9.82. The van der Waals surface area contributed by atoms with E-state index in [1.165, 1.54) is 0 Å². The van der Waals surface area contributed by atoms with E-state index in [4.69, 9.17) is 9.47 Å². The van der Waals surface area contributed by atoms with Crippen molar-refractivity contribution in [3.8, 4) is 0 Å². The largest absolute Gasteiger partial charge is 0.462 e. The first-order chi connectivity index (χ1) is 8.11. The summed E-state index contributed by atoms with van der Waals surface area (Å²) in [6, 6.07) is 5.04. The number of hydrogen-bond acceptors (Lipinski definition) is 4. The summed E-state index contributed by atoms with van der Waals surface area (Å²) in [6.07, 6.45) is 0. The fourth-order valence-electron chi connectivity index (χ4n) is 1.52. The minimum atomic E-state index is -0.501. The molecular weight excluding hydrogens is 220 g/mol. The van der Waals surface area contributed by atoms with E-state index in [0.717, 1.165) is 0 Å². The molecule has 4 nitrogen and oxygen atoms in total. The average Bonchev–Trinajstić information content (AvgIpc) is 2.29. The van der Waals surface area contributed by atoms with E-state index >= 15 is 0 Å². The number of carbonyl (C=O) groups is 2. The molecule has 0 aliphatic heterocycles. The third kappa shape index (κ3) is 3.06. The van der Waals surface area contributed by atoms with Crippen LogP contribution in [0.1, 0.15) is 40.1 Å². The van der Waals surface area contributed by atoms with Gasteiger partial charge in [-0.1, -0.05) is 12.1 Å². The highest BCUT2D eigenvalue weighted by Gasteiger charge is 2.20. The van der Waals surface area contributed by atoms with Crippen LogP contribution in [-0.2, 0) is 9.47 Å². The van der Waals surface area contributed by atoms with Crippen LogP contribution in [-0.4, -0.2) is 25.2 Å². The van der Waals surface area contributed by atoms with Gasteiger partial charge in [0, 0.05) is 0 Å². The first-order valence-electron chi connectivity index (χ1n) is 5.55. The van der Waals surface area contributed by atoms with E-state index in [0.29, 0.717) is 5.56 Å². The van der Waals surface area contributed by atoms with Crippen molar-refractivity contribution in [2.75, 3.05) is 13.2 Å². The van der Waals surface area contributed by atoms with Crippen molar-refractivity contribution in [1.82, 2.24) is 0 Å². The number of carbonyl (C=O) groups excluding carboxylic acids is 2. The third-order valence-corrected chi connectivity index (χ3v) is 2.25. The zero-order chi connectivity index (χ0) is 12.8. The van der Waals surface area contributed by atoms with Gasteiger partial charge in [-0.2, -0.15) is 0 Å². The van der Waals surface area contributed by atoms with Gasteiger partial charge in [0.1, 0.15) is 0 Å². The molecule has 1 aromatic carbocycles. The first kappa shape index (κ1) is 13.2. The lowest BCUT2D eigenvalue weighted by Crippen LogP contribution is -2.15. The molecule has 0 radical (unpaired) electrons. The Morgan fingerprint density at radius 1 is 1.06 bits per heavy atom. The van der Waals surface area contributed by atoms with Gasteiger partial charge in [0.15, 0.2) is 0 Å². The van der Waals surface area contributed by atoms with Crippen molar-refractivity contribution >= 4 is 11.9 Å². The lowest BCUT2D eigenvalue weighted by molar-refractivity contribution is 0.0478. The van der Waals surface area contributed by atoms with E-state index in [1.807, 2.05) is 0 Å². The van der Waals surface area contributed by atoms with E-state index in [1.54, 1.807) is 39.0 Å². The number of rotatable bonds is 4. The van der Waals surface area contributed by atoms with Crippen LogP contribution in [0.5, 0.6) is 0 Å². The molecule has 0 unspecified atom stereocenters. The van der Waals surface area contributed by atoms with Gasteiger partial charge in [0.2, 0.25) is 0 Å². The molecule has 0 N–H and O–H groups in total. The van der Waals surface area contributed by atoms with Gasteiger partial charge in [-0.25, -0.2) is 9.59 Å². The fraction of sp³-hybridized carbons (Fsp3) is 0.385. The monoisotopic (exact) mass is 236 g/mol. The molecule has 0 saturated carbocycles. The van der Waals surface area contributed by atoms with Gasteiger partial charge in [-0.3, -0.25) is 0 Å². The topological polar surface area (TPSA) is 52.6 Å². The summed E-state index contributed by atoms with van der Waals surface area (Å²) >= 11 is 0. The zero-order valence-corrected chi connectivity index (χ0v) is 10.3. The van der Waals surface area contributed by atoms with Gasteiger partial charge < -0.3 is 9.47 Å². The van der Waals surface area contributed by atoms with Crippen LogP contribution in [0.25, 0.3) is 0 Å². The Balaban J connectivity index is 3.17. The maximum atomic E-state index is 11.8. The average molecular weight is 236 g/mol. The van der Waals surface area contributed by atoms with Gasteiger partial charge in [0.05, 0.1) is 24.3 Å². The Kier molecular flexibility index (Phi) is 4.69. The Hall–Kier alpha value is -1.84. The summed E-state index contributed by atoms with van der Waals surface area (Å²) in [5.74, 6) is -0.993. The molecular formula is C13H16O4. The Morgan fingerprint density at radius 3 is 2.24 bits per heavy atom.